The van der Waals surface area contributed by atoms with E-state index >= 15 is 0 Å². The maximum Gasteiger partial charge on any atom is 0.0384 e. The van der Waals surface area contributed by atoms with Gasteiger partial charge in [-0.1, -0.05) is 54.6 Å². The third-order valence-electron chi connectivity index (χ3n) is 3.44. The lowest BCUT2D eigenvalue weighted by molar-refractivity contribution is 0.296. The minimum Gasteiger partial charge on any atom is -0.302 e. The number of rotatable bonds is 4. The number of aryl methyl sites for hydroxylation is 1. The minimum absolute atomic E-state index is 0. The van der Waals surface area contributed by atoms with Crippen molar-refractivity contribution in [1.82, 2.24) is 4.90 Å². The predicted molar refractivity (Wildman–Crippen MR) is 85.0 cm³/mol. The standard InChI is InChI=1S/C17H21N.ClH/c1-14-9-7-8-12-16(14)17(18(2)3)13-15-10-5-4-6-11-15;/h4-12,17H,13H2,1-3H3;1H. The summed E-state index contributed by atoms with van der Waals surface area (Å²) in [5.74, 6) is 0. The van der Waals surface area contributed by atoms with Crippen molar-refractivity contribution < 1.29 is 0 Å². The van der Waals surface area contributed by atoms with Gasteiger partial charge in [0.2, 0.25) is 0 Å². The lowest BCUT2D eigenvalue weighted by Crippen LogP contribution is -2.22. The van der Waals surface area contributed by atoms with Crippen LogP contribution in [0.15, 0.2) is 54.6 Å². The van der Waals surface area contributed by atoms with Gasteiger partial charge in [0.25, 0.3) is 0 Å². The Kier molecular flexibility index (Phi) is 6.07. The summed E-state index contributed by atoms with van der Waals surface area (Å²) in [7, 11) is 4.31. The first-order valence-corrected chi connectivity index (χ1v) is 6.44. The second-order valence-electron chi connectivity index (χ2n) is 5.03. The Morgan fingerprint density at radius 2 is 1.47 bits per heavy atom. The van der Waals surface area contributed by atoms with E-state index in [4.69, 9.17) is 0 Å². The van der Waals surface area contributed by atoms with Crippen LogP contribution in [0.3, 0.4) is 0 Å². The molecule has 0 saturated carbocycles. The molecule has 19 heavy (non-hydrogen) atoms. The molecule has 1 nitrogen and oxygen atoms in total. The van der Waals surface area contributed by atoms with E-state index in [1.165, 1.54) is 16.7 Å². The van der Waals surface area contributed by atoms with Crippen molar-refractivity contribution >= 4 is 12.4 Å². The zero-order valence-corrected chi connectivity index (χ0v) is 12.7. The molecule has 0 bridgehead atoms. The summed E-state index contributed by atoms with van der Waals surface area (Å²) in [6.07, 6.45) is 1.05. The molecular weight excluding hydrogens is 254 g/mol. The highest BCUT2D eigenvalue weighted by atomic mass is 35.5. The summed E-state index contributed by atoms with van der Waals surface area (Å²) in [6, 6.07) is 19.8. The Balaban J connectivity index is 0.00000180. The normalized spacial score (nSPS) is 12.0. The lowest BCUT2D eigenvalue weighted by Gasteiger charge is -2.26. The molecule has 0 aromatic heterocycles. The molecule has 0 saturated heterocycles. The van der Waals surface area contributed by atoms with Crippen LogP contribution in [0, 0.1) is 6.92 Å². The molecule has 2 aromatic carbocycles. The minimum atomic E-state index is 0. The van der Waals surface area contributed by atoms with Gasteiger partial charge in [0, 0.05) is 6.04 Å². The molecular formula is C17H22ClN. The van der Waals surface area contributed by atoms with Gasteiger partial charge in [0.1, 0.15) is 0 Å². The van der Waals surface area contributed by atoms with Gasteiger partial charge < -0.3 is 4.90 Å². The highest BCUT2D eigenvalue weighted by Gasteiger charge is 2.16. The van der Waals surface area contributed by atoms with E-state index in [0.717, 1.165) is 6.42 Å². The van der Waals surface area contributed by atoms with Crippen molar-refractivity contribution in [1.29, 1.82) is 0 Å². The summed E-state index contributed by atoms with van der Waals surface area (Å²) in [6.45, 7) is 2.19. The monoisotopic (exact) mass is 275 g/mol. The van der Waals surface area contributed by atoms with Crippen LogP contribution >= 0.6 is 12.4 Å². The first-order chi connectivity index (χ1) is 8.68. The average Bonchev–Trinajstić information content (AvgIpc) is 2.38. The van der Waals surface area contributed by atoms with Gasteiger partial charge in [-0.15, -0.1) is 12.4 Å². The van der Waals surface area contributed by atoms with Crippen LogP contribution in [-0.4, -0.2) is 19.0 Å². The van der Waals surface area contributed by atoms with Crippen molar-refractivity contribution in [3.8, 4) is 0 Å². The molecule has 0 spiro atoms. The predicted octanol–water partition coefficient (Wildman–Crippen LogP) is 4.26. The van der Waals surface area contributed by atoms with E-state index < -0.39 is 0 Å². The van der Waals surface area contributed by atoms with E-state index in [1.807, 2.05) is 0 Å². The van der Waals surface area contributed by atoms with Crippen LogP contribution in [0.4, 0.5) is 0 Å². The largest absolute Gasteiger partial charge is 0.302 e. The maximum atomic E-state index is 2.30. The number of benzene rings is 2. The Hall–Kier alpha value is -1.31. The fourth-order valence-electron chi connectivity index (χ4n) is 2.37. The highest BCUT2D eigenvalue weighted by Crippen LogP contribution is 2.25. The molecule has 2 aromatic rings. The van der Waals surface area contributed by atoms with Crippen molar-refractivity contribution in [2.24, 2.45) is 0 Å². The number of hydrogen-bond acceptors (Lipinski definition) is 1. The molecule has 2 rings (SSSR count). The summed E-state index contributed by atoms with van der Waals surface area (Å²) in [5.41, 5.74) is 4.18. The molecule has 1 atom stereocenters. The van der Waals surface area contributed by atoms with Crippen molar-refractivity contribution in [2.75, 3.05) is 14.1 Å². The van der Waals surface area contributed by atoms with Gasteiger partial charge in [-0.05, 0) is 44.1 Å². The van der Waals surface area contributed by atoms with E-state index in [2.05, 4.69) is 80.5 Å². The molecule has 0 radical (unpaired) electrons. The van der Waals surface area contributed by atoms with Crippen molar-refractivity contribution in [3.05, 3.63) is 71.3 Å². The number of likely N-dealkylation sites (N-methyl/N-ethyl adjacent to an activating group) is 1. The van der Waals surface area contributed by atoms with Crippen LogP contribution in [0.1, 0.15) is 22.7 Å². The molecule has 0 heterocycles. The van der Waals surface area contributed by atoms with E-state index in [1.54, 1.807) is 0 Å². The third kappa shape index (κ3) is 4.09. The van der Waals surface area contributed by atoms with Gasteiger partial charge >= 0.3 is 0 Å². The van der Waals surface area contributed by atoms with E-state index in [-0.39, 0.29) is 12.4 Å². The molecule has 102 valence electrons. The zero-order chi connectivity index (χ0) is 13.0. The van der Waals surface area contributed by atoms with Gasteiger partial charge in [-0.3, -0.25) is 0 Å². The third-order valence-corrected chi connectivity index (χ3v) is 3.44. The number of hydrogen-bond donors (Lipinski definition) is 0. The summed E-state index contributed by atoms with van der Waals surface area (Å²) in [5, 5.41) is 0. The molecule has 0 N–H and O–H groups in total. The second-order valence-corrected chi connectivity index (χ2v) is 5.03. The second kappa shape index (κ2) is 7.32. The summed E-state index contributed by atoms with van der Waals surface area (Å²) in [4.78, 5) is 2.30. The van der Waals surface area contributed by atoms with Crippen LogP contribution in [0.2, 0.25) is 0 Å². The van der Waals surface area contributed by atoms with Gasteiger partial charge in [-0.2, -0.15) is 0 Å². The first-order valence-electron chi connectivity index (χ1n) is 6.44. The van der Waals surface area contributed by atoms with E-state index in [0.29, 0.717) is 6.04 Å². The molecule has 0 aliphatic carbocycles. The van der Waals surface area contributed by atoms with Gasteiger partial charge in [0.15, 0.2) is 0 Å². The fraction of sp³-hybridized carbons (Fsp3) is 0.294. The SMILES string of the molecule is Cc1ccccc1C(Cc1ccccc1)N(C)C.Cl. The molecule has 0 aliphatic rings. The highest BCUT2D eigenvalue weighted by molar-refractivity contribution is 5.85. The molecule has 0 aliphatic heterocycles. The Morgan fingerprint density at radius 1 is 0.895 bits per heavy atom. The quantitative estimate of drug-likeness (QED) is 0.806. The Morgan fingerprint density at radius 3 is 2.05 bits per heavy atom. The lowest BCUT2D eigenvalue weighted by atomic mass is 9.95. The topological polar surface area (TPSA) is 3.24 Å². The number of halogens is 1. The van der Waals surface area contributed by atoms with Crippen LogP contribution in [0.25, 0.3) is 0 Å². The average molecular weight is 276 g/mol. The van der Waals surface area contributed by atoms with E-state index in [9.17, 15) is 0 Å². The van der Waals surface area contributed by atoms with Crippen molar-refractivity contribution in [2.45, 2.75) is 19.4 Å². The summed E-state index contributed by atoms with van der Waals surface area (Å²) < 4.78 is 0. The Bertz CT molecular complexity index is 494. The maximum absolute atomic E-state index is 2.30. The van der Waals surface area contributed by atoms with Crippen LogP contribution in [0.5, 0.6) is 0 Å². The smallest absolute Gasteiger partial charge is 0.0384 e. The molecule has 0 amide bonds. The molecule has 0 fully saturated rings. The Labute approximate surface area is 122 Å². The van der Waals surface area contributed by atoms with Crippen LogP contribution in [-0.2, 0) is 6.42 Å². The van der Waals surface area contributed by atoms with Gasteiger partial charge in [-0.25, -0.2) is 0 Å². The number of nitrogens with zero attached hydrogens (tertiary/aromatic N) is 1. The van der Waals surface area contributed by atoms with Gasteiger partial charge in [0.05, 0.1) is 0 Å². The zero-order valence-electron chi connectivity index (χ0n) is 11.8. The summed E-state index contributed by atoms with van der Waals surface area (Å²) >= 11 is 0. The van der Waals surface area contributed by atoms with Crippen LogP contribution < -0.4 is 0 Å². The van der Waals surface area contributed by atoms with Crippen molar-refractivity contribution in [3.63, 3.8) is 0 Å². The molecule has 1 unspecified atom stereocenters. The fourth-order valence-corrected chi connectivity index (χ4v) is 2.37. The molecule has 2 heteroatoms. The first kappa shape index (κ1) is 15.7.